The van der Waals surface area contributed by atoms with Crippen molar-refractivity contribution in [2.24, 2.45) is 5.92 Å². The largest absolute Gasteiger partial charge is 0.378 e. The van der Waals surface area contributed by atoms with Crippen LogP contribution in [0.15, 0.2) is 24.3 Å². The Balaban J connectivity index is 2.22. The minimum absolute atomic E-state index is 0.00356. The van der Waals surface area contributed by atoms with Crippen LogP contribution in [0.1, 0.15) is 30.4 Å². The second-order valence-corrected chi connectivity index (χ2v) is 4.90. The highest BCUT2D eigenvalue weighted by atomic mass is 16.5. The van der Waals surface area contributed by atoms with E-state index in [1.165, 1.54) is 0 Å². The van der Waals surface area contributed by atoms with Gasteiger partial charge in [-0.05, 0) is 31.4 Å². The number of ether oxygens (including phenoxy) is 1. The molecule has 0 radical (unpaired) electrons. The van der Waals surface area contributed by atoms with Gasteiger partial charge in [-0.1, -0.05) is 24.3 Å². The summed E-state index contributed by atoms with van der Waals surface area (Å²) >= 11 is 0. The van der Waals surface area contributed by atoms with Gasteiger partial charge in [0.25, 0.3) is 0 Å². The van der Waals surface area contributed by atoms with Gasteiger partial charge in [-0.3, -0.25) is 4.79 Å². The van der Waals surface area contributed by atoms with Crippen LogP contribution in [0.4, 0.5) is 0 Å². The number of nitrogens with zero attached hydrogens (tertiary/aromatic N) is 1. The maximum atomic E-state index is 12.4. The maximum Gasteiger partial charge on any atom is 0.159 e. The summed E-state index contributed by atoms with van der Waals surface area (Å²) in [5.41, 5.74) is 1.81. The summed E-state index contributed by atoms with van der Waals surface area (Å²) in [4.78, 5) is 12.4. The van der Waals surface area contributed by atoms with Crippen molar-refractivity contribution in [3.63, 3.8) is 0 Å². The van der Waals surface area contributed by atoms with Crippen LogP contribution < -0.4 is 0 Å². The van der Waals surface area contributed by atoms with Crippen LogP contribution in [0.2, 0.25) is 0 Å². The highest BCUT2D eigenvalue weighted by Gasteiger charge is 2.34. The summed E-state index contributed by atoms with van der Waals surface area (Å²) in [5, 5.41) is 9.29. The Morgan fingerprint density at radius 1 is 1.50 bits per heavy atom. The molecule has 0 aromatic heterocycles. The Bertz CT molecular complexity index is 490. The number of carbonyl (C=O) groups excluding carboxylic acids is 1. The van der Waals surface area contributed by atoms with E-state index < -0.39 is 5.92 Å². The molecule has 3 nitrogen and oxygen atoms in total. The number of hydrogen-bond acceptors (Lipinski definition) is 3. The van der Waals surface area contributed by atoms with Gasteiger partial charge in [-0.25, -0.2) is 0 Å². The standard InChI is InChI=1S/C15H17NO2/c1-10-5-3-4-6-13(10)14(8-16)15(17)12-7-11(2)18-9-12/h3-6,11-12,14H,7,9H2,1-2H3. The van der Waals surface area contributed by atoms with Crippen molar-refractivity contribution in [2.75, 3.05) is 6.61 Å². The summed E-state index contributed by atoms with van der Waals surface area (Å²) in [6, 6.07) is 9.72. The molecule has 0 amide bonds. The molecule has 94 valence electrons. The molecule has 0 saturated carbocycles. The molecular formula is C15H17NO2. The fourth-order valence-electron chi connectivity index (χ4n) is 2.45. The number of aryl methyl sites for hydroxylation is 1. The van der Waals surface area contributed by atoms with Gasteiger partial charge in [0.2, 0.25) is 0 Å². The fourth-order valence-corrected chi connectivity index (χ4v) is 2.45. The molecule has 0 bridgehead atoms. The zero-order valence-electron chi connectivity index (χ0n) is 10.7. The zero-order chi connectivity index (χ0) is 13.1. The van der Waals surface area contributed by atoms with Crippen LogP contribution in [0.25, 0.3) is 0 Å². The van der Waals surface area contributed by atoms with Crippen LogP contribution in [0.3, 0.4) is 0 Å². The van der Waals surface area contributed by atoms with Crippen molar-refractivity contribution < 1.29 is 9.53 Å². The highest BCUT2D eigenvalue weighted by molar-refractivity contribution is 5.91. The number of benzene rings is 1. The Hall–Kier alpha value is -1.66. The summed E-state index contributed by atoms with van der Waals surface area (Å²) in [5.74, 6) is -0.800. The summed E-state index contributed by atoms with van der Waals surface area (Å²) in [6.45, 7) is 4.34. The normalized spacial score (nSPS) is 24.5. The van der Waals surface area contributed by atoms with Crippen molar-refractivity contribution in [3.8, 4) is 6.07 Å². The Morgan fingerprint density at radius 3 is 2.78 bits per heavy atom. The minimum Gasteiger partial charge on any atom is -0.378 e. The van der Waals surface area contributed by atoms with Crippen molar-refractivity contribution in [1.82, 2.24) is 0 Å². The van der Waals surface area contributed by atoms with Crippen LogP contribution in [0, 0.1) is 24.2 Å². The second-order valence-electron chi connectivity index (χ2n) is 4.90. The molecule has 1 aromatic rings. The van der Waals surface area contributed by atoms with E-state index in [0.29, 0.717) is 6.61 Å². The van der Waals surface area contributed by atoms with Crippen LogP contribution in [-0.2, 0) is 9.53 Å². The first kappa shape index (κ1) is 12.8. The molecule has 1 heterocycles. The molecule has 0 spiro atoms. The van der Waals surface area contributed by atoms with Crippen molar-refractivity contribution in [3.05, 3.63) is 35.4 Å². The number of hydrogen-bond donors (Lipinski definition) is 0. The lowest BCUT2D eigenvalue weighted by Gasteiger charge is -2.14. The van der Waals surface area contributed by atoms with Gasteiger partial charge < -0.3 is 4.74 Å². The van der Waals surface area contributed by atoms with E-state index in [2.05, 4.69) is 6.07 Å². The van der Waals surface area contributed by atoms with E-state index >= 15 is 0 Å². The van der Waals surface area contributed by atoms with Gasteiger partial charge in [0.1, 0.15) is 5.92 Å². The van der Waals surface area contributed by atoms with Gasteiger partial charge in [0, 0.05) is 5.92 Å². The predicted octanol–water partition coefficient (Wildman–Crippen LogP) is 2.60. The lowest BCUT2D eigenvalue weighted by atomic mass is 9.85. The molecule has 1 fully saturated rings. The third kappa shape index (κ3) is 2.44. The van der Waals surface area contributed by atoms with Crippen molar-refractivity contribution >= 4 is 5.78 Å². The Morgan fingerprint density at radius 2 is 2.22 bits per heavy atom. The number of carbonyl (C=O) groups is 1. The monoisotopic (exact) mass is 243 g/mol. The molecule has 1 saturated heterocycles. The van der Waals surface area contributed by atoms with Gasteiger partial charge >= 0.3 is 0 Å². The number of ketones is 1. The lowest BCUT2D eigenvalue weighted by molar-refractivity contribution is -0.123. The molecule has 1 aliphatic rings. The van der Waals surface area contributed by atoms with E-state index in [9.17, 15) is 10.1 Å². The van der Waals surface area contributed by atoms with Crippen LogP contribution in [-0.4, -0.2) is 18.5 Å². The van der Waals surface area contributed by atoms with Gasteiger partial charge in [-0.15, -0.1) is 0 Å². The van der Waals surface area contributed by atoms with Gasteiger partial charge in [0.15, 0.2) is 5.78 Å². The molecule has 3 unspecified atom stereocenters. The average Bonchev–Trinajstić information content (AvgIpc) is 2.79. The van der Waals surface area contributed by atoms with Crippen molar-refractivity contribution in [1.29, 1.82) is 5.26 Å². The Labute approximate surface area is 107 Å². The molecule has 3 heteroatoms. The first-order valence-electron chi connectivity index (χ1n) is 6.24. The summed E-state index contributed by atoms with van der Waals surface area (Å²) in [7, 11) is 0. The molecule has 0 aliphatic carbocycles. The summed E-state index contributed by atoms with van der Waals surface area (Å²) in [6.07, 6.45) is 0.846. The topological polar surface area (TPSA) is 50.1 Å². The summed E-state index contributed by atoms with van der Waals surface area (Å²) < 4.78 is 5.42. The molecular weight excluding hydrogens is 226 g/mol. The minimum atomic E-state index is -0.662. The molecule has 1 aromatic carbocycles. The van der Waals surface area contributed by atoms with Crippen LogP contribution in [0.5, 0.6) is 0 Å². The number of Topliss-reactive ketones (excluding diaryl/α,β-unsaturated/α-hetero) is 1. The Kier molecular flexibility index (Phi) is 3.78. The maximum absolute atomic E-state index is 12.4. The average molecular weight is 243 g/mol. The first-order valence-corrected chi connectivity index (χ1v) is 6.24. The quantitative estimate of drug-likeness (QED) is 0.819. The third-order valence-corrected chi connectivity index (χ3v) is 3.51. The van der Waals surface area contributed by atoms with E-state index in [-0.39, 0.29) is 17.8 Å². The lowest BCUT2D eigenvalue weighted by Crippen LogP contribution is -2.22. The zero-order valence-corrected chi connectivity index (χ0v) is 10.7. The SMILES string of the molecule is Cc1ccccc1C(C#N)C(=O)C1COC(C)C1. The van der Waals surface area contributed by atoms with Gasteiger partial charge in [0.05, 0.1) is 18.8 Å². The van der Waals surface area contributed by atoms with E-state index in [1.54, 1.807) is 0 Å². The smallest absolute Gasteiger partial charge is 0.159 e. The molecule has 3 atom stereocenters. The van der Waals surface area contributed by atoms with Crippen molar-refractivity contribution in [2.45, 2.75) is 32.3 Å². The molecule has 0 N–H and O–H groups in total. The van der Waals surface area contributed by atoms with E-state index in [4.69, 9.17) is 4.74 Å². The highest BCUT2D eigenvalue weighted by Crippen LogP contribution is 2.28. The predicted molar refractivity (Wildman–Crippen MR) is 68.1 cm³/mol. The van der Waals surface area contributed by atoms with Gasteiger partial charge in [-0.2, -0.15) is 5.26 Å². The third-order valence-electron chi connectivity index (χ3n) is 3.51. The number of rotatable bonds is 3. The first-order chi connectivity index (χ1) is 8.63. The molecule has 18 heavy (non-hydrogen) atoms. The second kappa shape index (κ2) is 5.32. The molecule has 2 rings (SSSR count). The van der Waals surface area contributed by atoms with Crippen LogP contribution >= 0.6 is 0 Å². The number of nitriles is 1. The molecule has 1 aliphatic heterocycles. The van der Waals surface area contributed by atoms with E-state index in [1.807, 2.05) is 38.1 Å². The van der Waals surface area contributed by atoms with E-state index in [0.717, 1.165) is 17.5 Å². The fraction of sp³-hybridized carbons (Fsp3) is 0.467.